The minimum Gasteiger partial charge on any atom is -0.481 e. The van der Waals surface area contributed by atoms with E-state index in [1.165, 1.54) is 0 Å². The second kappa shape index (κ2) is 5.46. The van der Waals surface area contributed by atoms with E-state index in [9.17, 15) is 9.59 Å². The molecule has 0 unspecified atom stereocenters. The van der Waals surface area contributed by atoms with Crippen LogP contribution in [0, 0.1) is 0 Å². The molecular weight excluding hydrogens is 178 g/mol. The first kappa shape index (κ1) is 11.8. The van der Waals surface area contributed by atoms with Crippen LogP contribution in [0.2, 0.25) is 0 Å². The van der Waals surface area contributed by atoms with Gasteiger partial charge in [-0.3, -0.25) is 9.59 Å². The third-order valence-electron chi connectivity index (χ3n) is 1.12. The molecule has 76 valence electrons. The standard InChI is InChI=1S/C6H13N3O4/c7-3(1-5(10)11)6(12)13-2-4(8)9/h3-4H,1-2,7-9H2,(H,10,11)/t3-/m0/s1. The van der Waals surface area contributed by atoms with Gasteiger partial charge in [0.15, 0.2) is 0 Å². The fraction of sp³-hybridized carbons (Fsp3) is 0.667. The zero-order chi connectivity index (χ0) is 10.4. The van der Waals surface area contributed by atoms with Crippen LogP contribution in [-0.4, -0.2) is 35.9 Å². The molecule has 0 aliphatic rings. The van der Waals surface area contributed by atoms with Gasteiger partial charge in [0.2, 0.25) is 0 Å². The number of hydrogen-bond donors (Lipinski definition) is 4. The van der Waals surface area contributed by atoms with E-state index >= 15 is 0 Å². The molecule has 0 radical (unpaired) electrons. The fourth-order valence-corrected chi connectivity index (χ4v) is 0.557. The van der Waals surface area contributed by atoms with Crippen LogP contribution in [0.4, 0.5) is 0 Å². The molecule has 0 bridgehead atoms. The highest BCUT2D eigenvalue weighted by molar-refractivity contribution is 5.81. The molecule has 0 aromatic heterocycles. The Balaban J connectivity index is 3.76. The largest absolute Gasteiger partial charge is 0.481 e. The Kier molecular flexibility index (Phi) is 4.97. The Morgan fingerprint density at radius 2 is 1.85 bits per heavy atom. The zero-order valence-corrected chi connectivity index (χ0v) is 6.97. The van der Waals surface area contributed by atoms with Gasteiger partial charge >= 0.3 is 11.9 Å². The number of carboxylic acid groups (broad SMARTS) is 1. The van der Waals surface area contributed by atoms with Gasteiger partial charge in [-0.25, -0.2) is 0 Å². The molecule has 0 spiro atoms. The molecule has 0 aromatic rings. The minimum absolute atomic E-state index is 0.174. The maximum Gasteiger partial charge on any atom is 0.323 e. The number of hydrogen-bond acceptors (Lipinski definition) is 6. The second-order valence-corrected chi connectivity index (χ2v) is 2.50. The number of esters is 1. The van der Waals surface area contributed by atoms with Crippen LogP contribution in [-0.2, 0) is 14.3 Å². The van der Waals surface area contributed by atoms with Gasteiger partial charge in [0, 0.05) is 0 Å². The van der Waals surface area contributed by atoms with Crippen molar-refractivity contribution in [2.75, 3.05) is 6.61 Å². The summed E-state index contributed by atoms with van der Waals surface area (Å²) in [5.74, 6) is -1.98. The topological polar surface area (TPSA) is 142 Å². The van der Waals surface area contributed by atoms with Crippen molar-refractivity contribution in [3.05, 3.63) is 0 Å². The lowest BCUT2D eigenvalue weighted by Gasteiger charge is -2.10. The van der Waals surface area contributed by atoms with Crippen LogP contribution >= 0.6 is 0 Å². The van der Waals surface area contributed by atoms with Crippen molar-refractivity contribution >= 4 is 11.9 Å². The predicted octanol–water partition coefficient (Wildman–Crippen LogP) is -2.42. The van der Waals surface area contributed by atoms with Crippen molar-refractivity contribution in [2.24, 2.45) is 17.2 Å². The first-order chi connectivity index (χ1) is 5.93. The van der Waals surface area contributed by atoms with Crippen molar-refractivity contribution in [2.45, 2.75) is 18.6 Å². The maximum absolute atomic E-state index is 10.9. The summed E-state index contributed by atoms with van der Waals surface area (Å²) in [6, 6.07) is -1.17. The van der Waals surface area contributed by atoms with E-state index in [-0.39, 0.29) is 6.61 Å². The highest BCUT2D eigenvalue weighted by Gasteiger charge is 2.18. The quantitative estimate of drug-likeness (QED) is 0.279. The molecule has 0 aromatic carbocycles. The second-order valence-electron chi connectivity index (χ2n) is 2.50. The van der Waals surface area contributed by atoms with Crippen molar-refractivity contribution in [1.29, 1.82) is 0 Å². The van der Waals surface area contributed by atoms with E-state index in [1.54, 1.807) is 0 Å². The summed E-state index contributed by atoms with van der Waals surface area (Å²) in [6.07, 6.45) is -1.25. The number of rotatable bonds is 5. The normalized spacial score (nSPS) is 12.6. The predicted molar refractivity (Wildman–Crippen MR) is 43.4 cm³/mol. The van der Waals surface area contributed by atoms with Crippen LogP contribution < -0.4 is 17.2 Å². The number of nitrogens with two attached hydrogens (primary N) is 3. The zero-order valence-electron chi connectivity index (χ0n) is 6.97. The van der Waals surface area contributed by atoms with Gasteiger partial charge in [-0.05, 0) is 0 Å². The number of carbonyl (C=O) groups is 2. The Bertz CT molecular complexity index is 194. The summed E-state index contributed by atoms with van der Waals surface area (Å²) < 4.78 is 4.49. The Morgan fingerprint density at radius 1 is 1.31 bits per heavy atom. The lowest BCUT2D eigenvalue weighted by molar-refractivity contribution is -0.149. The Morgan fingerprint density at radius 3 is 2.23 bits per heavy atom. The summed E-state index contributed by atoms with van der Waals surface area (Å²) >= 11 is 0. The van der Waals surface area contributed by atoms with Gasteiger partial charge in [-0.2, -0.15) is 0 Å². The van der Waals surface area contributed by atoms with Crippen LogP contribution in [0.1, 0.15) is 6.42 Å². The van der Waals surface area contributed by atoms with Crippen molar-refractivity contribution in [1.82, 2.24) is 0 Å². The van der Waals surface area contributed by atoms with E-state index < -0.39 is 30.6 Å². The number of aliphatic carboxylic acids is 1. The van der Waals surface area contributed by atoms with E-state index in [0.717, 1.165) is 0 Å². The smallest absolute Gasteiger partial charge is 0.323 e. The number of carboxylic acids is 1. The summed E-state index contributed by atoms with van der Waals surface area (Å²) in [5, 5.41) is 8.27. The Labute approximate surface area is 74.8 Å². The van der Waals surface area contributed by atoms with E-state index in [0.29, 0.717) is 0 Å². The molecule has 0 fully saturated rings. The van der Waals surface area contributed by atoms with Crippen molar-refractivity contribution in [3.63, 3.8) is 0 Å². The molecule has 7 heteroatoms. The van der Waals surface area contributed by atoms with Crippen LogP contribution in [0.25, 0.3) is 0 Å². The fourth-order valence-electron chi connectivity index (χ4n) is 0.557. The summed E-state index contributed by atoms with van der Waals surface area (Å²) in [5.41, 5.74) is 15.3. The number of carbonyl (C=O) groups excluding carboxylic acids is 1. The molecule has 1 atom stereocenters. The van der Waals surface area contributed by atoms with Gasteiger partial charge in [0.25, 0.3) is 0 Å². The molecule has 0 saturated carbocycles. The maximum atomic E-state index is 10.9. The molecule has 0 heterocycles. The van der Waals surface area contributed by atoms with Crippen LogP contribution in [0.15, 0.2) is 0 Å². The van der Waals surface area contributed by atoms with Gasteiger partial charge < -0.3 is 27.0 Å². The molecule has 0 aliphatic heterocycles. The van der Waals surface area contributed by atoms with Crippen LogP contribution in [0.5, 0.6) is 0 Å². The highest BCUT2D eigenvalue weighted by Crippen LogP contribution is 1.92. The van der Waals surface area contributed by atoms with Gasteiger partial charge in [0.05, 0.1) is 12.6 Å². The molecule has 7 N–H and O–H groups in total. The lowest BCUT2D eigenvalue weighted by atomic mass is 10.2. The highest BCUT2D eigenvalue weighted by atomic mass is 16.5. The molecule has 0 amide bonds. The van der Waals surface area contributed by atoms with Gasteiger partial charge in [-0.1, -0.05) is 0 Å². The minimum atomic E-state index is -1.17. The molecule has 0 aliphatic carbocycles. The Hall–Kier alpha value is -1.18. The molecule has 0 rings (SSSR count). The third-order valence-corrected chi connectivity index (χ3v) is 1.12. The summed E-state index contributed by atoms with van der Waals surface area (Å²) in [4.78, 5) is 21.0. The first-order valence-electron chi connectivity index (χ1n) is 3.58. The summed E-state index contributed by atoms with van der Waals surface area (Å²) in [6.45, 7) is -0.174. The molecule has 0 saturated heterocycles. The average Bonchev–Trinajstić information content (AvgIpc) is 1.98. The van der Waals surface area contributed by atoms with E-state index in [2.05, 4.69) is 4.74 Å². The van der Waals surface area contributed by atoms with Crippen LogP contribution in [0.3, 0.4) is 0 Å². The van der Waals surface area contributed by atoms with E-state index in [4.69, 9.17) is 22.3 Å². The first-order valence-corrected chi connectivity index (χ1v) is 3.58. The molecular formula is C6H13N3O4. The van der Waals surface area contributed by atoms with Gasteiger partial charge in [-0.15, -0.1) is 0 Å². The monoisotopic (exact) mass is 191 g/mol. The van der Waals surface area contributed by atoms with Crippen molar-refractivity contribution in [3.8, 4) is 0 Å². The third kappa shape index (κ3) is 6.02. The average molecular weight is 191 g/mol. The molecule has 13 heavy (non-hydrogen) atoms. The number of ether oxygens (including phenoxy) is 1. The molecule has 7 nitrogen and oxygen atoms in total. The lowest BCUT2D eigenvalue weighted by Crippen LogP contribution is -2.40. The van der Waals surface area contributed by atoms with Gasteiger partial charge in [0.1, 0.15) is 12.6 Å². The summed E-state index contributed by atoms with van der Waals surface area (Å²) in [7, 11) is 0. The van der Waals surface area contributed by atoms with Crippen molar-refractivity contribution < 1.29 is 19.4 Å². The SMILES string of the molecule is NC(N)COC(=O)[C@@H](N)CC(=O)O. The van der Waals surface area contributed by atoms with E-state index in [1.807, 2.05) is 0 Å².